The first-order valence-corrected chi connectivity index (χ1v) is 14.4. The SMILES string of the molecule is COc1ccc2c(c1OCCCCNC(=O)OC(C)(C)C)[C@@H](C(Cl)(Cl)Cl)N1CCc3cc4c(cc3C1=C2)OCO4. The number of carbonyl (C=O) groups excluding carboxylic acids is 1. The molecule has 0 saturated heterocycles. The van der Waals surface area contributed by atoms with E-state index >= 15 is 0 Å². The van der Waals surface area contributed by atoms with Crippen LogP contribution in [0.5, 0.6) is 23.0 Å². The summed E-state index contributed by atoms with van der Waals surface area (Å²) in [5.41, 5.74) is 4.24. The van der Waals surface area contributed by atoms with Crippen LogP contribution >= 0.6 is 34.8 Å². The molecule has 0 aromatic heterocycles. The molecule has 40 heavy (non-hydrogen) atoms. The Kier molecular flexibility index (Phi) is 8.15. The van der Waals surface area contributed by atoms with Gasteiger partial charge in [-0.1, -0.05) is 40.9 Å². The first kappa shape index (κ1) is 28.8. The smallest absolute Gasteiger partial charge is 0.407 e. The predicted octanol–water partition coefficient (Wildman–Crippen LogP) is 6.89. The molecule has 1 atom stereocenters. The number of alkyl carbamates (subject to hydrolysis) is 1. The molecular formula is C29H33Cl3N2O6. The Balaban J connectivity index is 1.40. The number of hydrogen-bond donors (Lipinski definition) is 1. The molecule has 3 heterocycles. The molecule has 216 valence electrons. The highest BCUT2D eigenvalue weighted by Crippen LogP contribution is 2.56. The second-order valence-electron chi connectivity index (χ2n) is 10.9. The summed E-state index contributed by atoms with van der Waals surface area (Å²) in [4.78, 5) is 14.0. The van der Waals surface area contributed by atoms with E-state index in [1.165, 1.54) is 0 Å². The fourth-order valence-electron chi connectivity index (χ4n) is 5.24. The lowest BCUT2D eigenvalue weighted by molar-refractivity contribution is 0.0526. The Labute approximate surface area is 249 Å². The minimum Gasteiger partial charge on any atom is -0.493 e. The lowest BCUT2D eigenvalue weighted by Gasteiger charge is -2.46. The normalized spacial score (nSPS) is 17.3. The van der Waals surface area contributed by atoms with Gasteiger partial charge in [-0.2, -0.15) is 0 Å². The Morgan fingerprint density at radius 2 is 1.88 bits per heavy atom. The number of halogens is 3. The molecule has 8 nitrogen and oxygen atoms in total. The average Bonchev–Trinajstić information content (AvgIpc) is 3.33. The van der Waals surface area contributed by atoms with Crippen LogP contribution in [0, 0.1) is 0 Å². The standard InChI is InChI=1S/C29H33Cl3N2O6/c1-28(2,3)40-27(35)33-10-5-6-12-37-25-21(36-4)8-7-18-13-20-19-15-23-22(38-16-39-23)14-17(19)9-11-34(20)26(24(18)25)29(30,31)32/h7-8,13-15,26H,5-6,9-12,16H2,1-4H3,(H,33,35)/t26-/m0/s1. The molecule has 2 aromatic rings. The van der Waals surface area contributed by atoms with Gasteiger partial charge in [-0.15, -0.1) is 0 Å². The molecule has 2 aromatic carbocycles. The van der Waals surface area contributed by atoms with E-state index in [1.807, 2.05) is 45.0 Å². The molecule has 0 bridgehead atoms. The van der Waals surface area contributed by atoms with Gasteiger partial charge in [0.05, 0.1) is 13.7 Å². The van der Waals surface area contributed by atoms with E-state index in [0.29, 0.717) is 49.8 Å². The largest absolute Gasteiger partial charge is 0.493 e. The van der Waals surface area contributed by atoms with Crippen LogP contribution < -0.4 is 24.3 Å². The minimum absolute atomic E-state index is 0.207. The van der Waals surface area contributed by atoms with Crippen LogP contribution in [0.4, 0.5) is 4.79 Å². The summed E-state index contributed by atoms with van der Waals surface area (Å²) in [6, 6.07) is 7.24. The number of amides is 1. The molecular weight excluding hydrogens is 579 g/mol. The summed E-state index contributed by atoms with van der Waals surface area (Å²) in [5, 5.41) is 2.77. The fraction of sp³-hybridized carbons (Fsp3) is 0.483. The van der Waals surface area contributed by atoms with Crippen molar-refractivity contribution in [2.45, 2.75) is 55.5 Å². The van der Waals surface area contributed by atoms with Gasteiger partial charge in [-0.05, 0) is 75.4 Å². The highest BCUT2D eigenvalue weighted by Gasteiger charge is 2.46. The summed E-state index contributed by atoms with van der Waals surface area (Å²) in [5.74, 6) is 2.56. The van der Waals surface area contributed by atoms with Gasteiger partial charge >= 0.3 is 6.09 Å². The van der Waals surface area contributed by atoms with E-state index in [2.05, 4.69) is 16.3 Å². The van der Waals surface area contributed by atoms with Gasteiger partial charge in [0.25, 0.3) is 0 Å². The molecule has 0 spiro atoms. The van der Waals surface area contributed by atoms with E-state index in [1.54, 1.807) is 7.11 Å². The lowest BCUT2D eigenvalue weighted by atomic mass is 9.86. The number of methoxy groups -OCH3 is 1. The third-order valence-corrected chi connectivity index (χ3v) is 7.51. The summed E-state index contributed by atoms with van der Waals surface area (Å²) in [7, 11) is 1.59. The number of rotatable bonds is 7. The summed E-state index contributed by atoms with van der Waals surface area (Å²) >= 11 is 20.1. The van der Waals surface area contributed by atoms with E-state index in [4.69, 9.17) is 58.5 Å². The van der Waals surface area contributed by atoms with Gasteiger partial charge in [0.15, 0.2) is 23.0 Å². The Morgan fingerprint density at radius 3 is 2.58 bits per heavy atom. The zero-order valence-corrected chi connectivity index (χ0v) is 25.2. The number of nitrogens with zero attached hydrogens (tertiary/aromatic N) is 1. The Morgan fingerprint density at radius 1 is 1.12 bits per heavy atom. The zero-order valence-electron chi connectivity index (χ0n) is 22.9. The lowest BCUT2D eigenvalue weighted by Crippen LogP contribution is -2.41. The first-order chi connectivity index (χ1) is 19.0. The summed E-state index contributed by atoms with van der Waals surface area (Å²) in [6.45, 7) is 7.19. The molecule has 0 saturated carbocycles. The number of alkyl halides is 3. The molecule has 5 rings (SSSR count). The van der Waals surface area contributed by atoms with Gasteiger partial charge in [-0.3, -0.25) is 0 Å². The molecule has 11 heteroatoms. The van der Waals surface area contributed by atoms with Crippen molar-refractivity contribution in [2.24, 2.45) is 0 Å². The van der Waals surface area contributed by atoms with Crippen molar-refractivity contribution in [1.29, 1.82) is 0 Å². The van der Waals surface area contributed by atoms with Crippen LogP contribution in [0.3, 0.4) is 0 Å². The van der Waals surface area contributed by atoms with Gasteiger partial charge in [0.1, 0.15) is 11.6 Å². The van der Waals surface area contributed by atoms with Crippen molar-refractivity contribution in [2.75, 3.05) is 33.6 Å². The van der Waals surface area contributed by atoms with Crippen molar-refractivity contribution < 1.29 is 28.5 Å². The summed E-state index contributed by atoms with van der Waals surface area (Å²) < 4.78 is 26.8. The van der Waals surface area contributed by atoms with Gasteiger partial charge in [-0.25, -0.2) is 4.79 Å². The van der Waals surface area contributed by atoms with Crippen LogP contribution in [0.1, 0.15) is 61.9 Å². The number of unbranched alkanes of at least 4 members (excludes halogenated alkanes) is 1. The average molecular weight is 612 g/mol. The quantitative estimate of drug-likeness (QED) is 0.270. The molecule has 0 unspecified atom stereocenters. The third-order valence-electron chi connectivity index (χ3n) is 6.89. The first-order valence-electron chi connectivity index (χ1n) is 13.2. The van der Waals surface area contributed by atoms with Crippen molar-refractivity contribution in [3.63, 3.8) is 0 Å². The van der Waals surface area contributed by atoms with Gasteiger partial charge < -0.3 is 33.9 Å². The maximum Gasteiger partial charge on any atom is 0.407 e. The number of carbonyl (C=O) groups is 1. The molecule has 3 aliphatic heterocycles. The van der Waals surface area contributed by atoms with E-state index in [9.17, 15) is 4.79 Å². The molecule has 1 amide bonds. The second kappa shape index (κ2) is 11.3. The number of nitrogens with one attached hydrogen (secondary N) is 1. The number of ether oxygens (including phenoxy) is 5. The highest BCUT2D eigenvalue weighted by molar-refractivity contribution is 6.68. The minimum atomic E-state index is -1.66. The fourth-order valence-corrected chi connectivity index (χ4v) is 5.92. The monoisotopic (exact) mass is 610 g/mol. The molecule has 0 radical (unpaired) electrons. The van der Waals surface area contributed by atoms with Crippen molar-refractivity contribution in [3.05, 3.63) is 46.5 Å². The summed E-state index contributed by atoms with van der Waals surface area (Å²) in [6.07, 6.45) is 3.80. The highest BCUT2D eigenvalue weighted by atomic mass is 35.6. The topological polar surface area (TPSA) is 78.5 Å². The number of fused-ring (bicyclic) bond motifs is 5. The number of benzene rings is 2. The van der Waals surface area contributed by atoms with Crippen LogP contribution in [0.15, 0.2) is 24.3 Å². The maximum absolute atomic E-state index is 11.9. The molecule has 1 N–H and O–H groups in total. The van der Waals surface area contributed by atoms with Crippen LogP contribution in [0.2, 0.25) is 0 Å². The van der Waals surface area contributed by atoms with Crippen LogP contribution in [-0.4, -0.2) is 54.0 Å². The molecule has 0 fully saturated rings. The van der Waals surface area contributed by atoms with Crippen molar-refractivity contribution in [3.8, 4) is 23.0 Å². The van der Waals surface area contributed by atoms with E-state index in [0.717, 1.165) is 40.1 Å². The zero-order chi connectivity index (χ0) is 28.7. The molecule has 0 aliphatic carbocycles. The number of hydrogen-bond acceptors (Lipinski definition) is 7. The second-order valence-corrected chi connectivity index (χ2v) is 13.2. The van der Waals surface area contributed by atoms with Crippen molar-refractivity contribution >= 4 is 52.7 Å². The van der Waals surface area contributed by atoms with E-state index in [-0.39, 0.29) is 6.79 Å². The Hall–Kier alpha value is -2.68. The van der Waals surface area contributed by atoms with Crippen LogP contribution in [0.25, 0.3) is 11.8 Å². The van der Waals surface area contributed by atoms with Crippen LogP contribution in [-0.2, 0) is 11.2 Å². The van der Waals surface area contributed by atoms with Gasteiger partial charge in [0, 0.05) is 29.9 Å². The maximum atomic E-state index is 11.9. The predicted molar refractivity (Wildman–Crippen MR) is 156 cm³/mol. The third kappa shape index (κ3) is 5.99. The van der Waals surface area contributed by atoms with E-state index < -0.39 is 21.5 Å². The van der Waals surface area contributed by atoms with Crippen molar-refractivity contribution in [1.82, 2.24) is 10.2 Å². The van der Waals surface area contributed by atoms with Gasteiger partial charge in [0.2, 0.25) is 10.6 Å². The Bertz CT molecular complexity index is 1320. The molecule has 3 aliphatic rings.